The van der Waals surface area contributed by atoms with Gasteiger partial charge in [-0.2, -0.15) is 0 Å². The van der Waals surface area contributed by atoms with E-state index in [2.05, 4.69) is 17.6 Å². The number of nitrogens with one attached hydrogen (secondary N) is 2. The van der Waals surface area contributed by atoms with E-state index in [0.717, 1.165) is 45.9 Å². The van der Waals surface area contributed by atoms with Crippen molar-refractivity contribution in [3.63, 3.8) is 0 Å². The minimum atomic E-state index is 0.493. The molecule has 1 unspecified atom stereocenters. The smallest absolute Gasteiger partial charge is 0.0587 e. The molecule has 0 radical (unpaired) electrons. The molecule has 15 heavy (non-hydrogen) atoms. The van der Waals surface area contributed by atoms with E-state index in [1.807, 2.05) is 6.92 Å². The van der Waals surface area contributed by atoms with E-state index in [0.29, 0.717) is 6.04 Å². The fourth-order valence-electron chi connectivity index (χ4n) is 1.24. The Morgan fingerprint density at radius 3 is 2.67 bits per heavy atom. The lowest BCUT2D eigenvalue weighted by Crippen LogP contribution is -2.38. The summed E-state index contributed by atoms with van der Waals surface area (Å²) in [5, 5.41) is 6.75. The molecule has 4 heteroatoms. The zero-order chi connectivity index (χ0) is 11.4. The molecule has 2 N–H and O–H groups in total. The van der Waals surface area contributed by atoms with Gasteiger partial charge in [0.15, 0.2) is 0 Å². The summed E-state index contributed by atoms with van der Waals surface area (Å²) in [5.41, 5.74) is 0. The van der Waals surface area contributed by atoms with E-state index < -0.39 is 0 Å². The van der Waals surface area contributed by atoms with Gasteiger partial charge in [-0.15, -0.1) is 0 Å². The predicted molar refractivity (Wildman–Crippen MR) is 63.3 cm³/mol. The number of methoxy groups -OCH3 is 1. The van der Waals surface area contributed by atoms with Crippen LogP contribution >= 0.6 is 0 Å². The van der Waals surface area contributed by atoms with Gasteiger partial charge in [-0.3, -0.25) is 0 Å². The van der Waals surface area contributed by atoms with Crippen LogP contribution in [0.1, 0.15) is 20.3 Å². The molecule has 4 nitrogen and oxygen atoms in total. The molecular formula is C11H26N2O2. The SMILES string of the molecule is CCOCCCNCC(C)NCCOC. The Kier molecular flexibility index (Phi) is 11.8. The molecule has 0 rings (SSSR count). The molecule has 0 spiro atoms. The molecule has 0 aromatic rings. The van der Waals surface area contributed by atoms with Crippen molar-refractivity contribution in [1.29, 1.82) is 0 Å². The number of hydrogen-bond acceptors (Lipinski definition) is 4. The van der Waals surface area contributed by atoms with Gasteiger partial charge in [-0.1, -0.05) is 0 Å². The van der Waals surface area contributed by atoms with Crippen molar-refractivity contribution < 1.29 is 9.47 Å². The first-order valence-corrected chi connectivity index (χ1v) is 5.82. The second kappa shape index (κ2) is 11.9. The third-order valence-electron chi connectivity index (χ3n) is 2.10. The average Bonchev–Trinajstić information content (AvgIpc) is 2.23. The van der Waals surface area contributed by atoms with E-state index in [9.17, 15) is 0 Å². The zero-order valence-electron chi connectivity index (χ0n) is 10.3. The molecule has 92 valence electrons. The maximum absolute atomic E-state index is 5.25. The first-order valence-electron chi connectivity index (χ1n) is 5.82. The van der Waals surface area contributed by atoms with Crippen molar-refractivity contribution >= 4 is 0 Å². The fourth-order valence-corrected chi connectivity index (χ4v) is 1.24. The van der Waals surface area contributed by atoms with Crippen molar-refractivity contribution in [3.8, 4) is 0 Å². The van der Waals surface area contributed by atoms with E-state index in [4.69, 9.17) is 9.47 Å². The highest BCUT2D eigenvalue weighted by Crippen LogP contribution is 1.82. The largest absolute Gasteiger partial charge is 0.383 e. The normalized spacial score (nSPS) is 13.0. The summed E-state index contributed by atoms with van der Waals surface area (Å²) in [6.45, 7) is 9.57. The summed E-state index contributed by atoms with van der Waals surface area (Å²) < 4.78 is 10.2. The van der Waals surface area contributed by atoms with Crippen LogP contribution in [0.15, 0.2) is 0 Å². The Balaban J connectivity index is 3.06. The van der Waals surface area contributed by atoms with Gasteiger partial charge in [-0.05, 0) is 26.8 Å². The number of rotatable bonds is 11. The van der Waals surface area contributed by atoms with Crippen LogP contribution in [0.4, 0.5) is 0 Å². The van der Waals surface area contributed by atoms with Gasteiger partial charge in [0.05, 0.1) is 6.61 Å². The second-order valence-corrected chi connectivity index (χ2v) is 3.60. The quantitative estimate of drug-likeness (QED) is 0.499. The Morgan fingerprint density at radius 1 is 1.20 bits per heavy atom. The number of ether oxygens (including phenoxy) is 2. The van der Waals surface area contributed by atoms with Gasteiger partial charge in [-0.25, -0.2) is 0 Å². The van der Waals surface area contributed by atoms with E-state index in [-0.39, 0.29) is 0 Å². The lowest BCUT2D eigenvalue weighted by Gasteiger charge is -2.14. The topological polar surface area (TPSA) is 42.5 Å². The van der Waals surface area contributed by atoms with Gasteiger partial charge >= 0.3 is 0 Å². The molecule has 0 fully saturated rings. The molecule has 0 aromatic heterocycles. The zero-order valence-corrected chi connectivity index (χ0v) is 10.3. The average molecular weight is 218 g/mol. The van der Waals surface area contributed by atoms with Crippen LogP contribution in [0.2, 0.25) is 0 Å². The first kappa shape index (κ1) is 14.8. The van der Waals surface area contributed by atoms with Crippen LogP contribution in [0, 0.1) is 0 Å². The van der Waals surface area contributed by atoms with Crippen molar-refractivity contribution in [3.05, 3.63) is 0 Å². The summed E-state index contributed by atoms with van der Waals surface area (Å²) in [4.78, 5) is 0. The summed E-state index contributed by atoms with van der Waals surface area (Å²) in [6.07, 6.45) is 1.08. The molecular weight excluding hydrogens is 192 g/mol. The Labute approximate surface area is 93.7 Å². The third-order valence-corrected chi connectivity index (χ3v) is 2.10. The van der Waals surface area contributed by atoms with Crippen LogP contribution in [0.3, 0.4) is 0 Å². The van der Waals surface area contributed by atoms with Crippen LogP contribution in [0.5, 0.6) is 0 Å². The highest BCUT2D eigenvalue weighted by atomic mass is 16.5. The Bertz CT molecular complexity index is 123. The summed E-state index contributed by atoms with van der Waals surface area (Å²) in [7, 11) is 1.72. The van der Waals surface area contributed by atoms with Crippen LogP contribution in [-0.2, 0) is 9.47 Å². The molecule has 0 aliphatic heterocycles. The second-order valence-electron chi connectivity index (χ2n) is 3.60. The lowest BCUT2D eigenvalue weighted by atomic mass is 10.3. The molecule has 0 amide bonds. The molecule has 1 atom stereocenters. The lowest BCUT2D eigenvalue weighted by molar-refractivity contribution is 0.144. The standard InChI is InChI=1S/C11H26N2O2/c1-4-15-8-5-6-12-10-11(2)13-7-9-14-3/h11-13H,4-10H2,1-3H3. The highest BCUT2D eigenvalue weighted by molar-refractivity contribution is 4.63. The minimum absolute atomic E-state index is 0.493. The van der Waals surface area contributed by atoms with E-state index in [1.54, 1.807) is 7.11 Å². The van der Waals surface area contributed by atoms with Crippen molar-refractivity contribution in [2.45, 2.75) is 26.3 Å². The number of hydrogen-bond donors (Lipinski definition) is 2. The first-order chi connectivity index (χ1) is 7.31. The molecule has 0 aliphatic rings. The maximum atomic E-state index is 5.25. The molecule has 0 heterocycles. The van der Waals surface area contributed by atoms with Gasteiger partial charge in [0.25, 0.3) is 0 Å². The van der Waals surface area contributed by atoms with Crippen LogP contribution in [-0.4, -0.2) is 52.6 Å². The molecule has 0 saturated carbocycles. The summed E-state index contributed by atoms with van der Waals surface area (Å²) in [5.74, 6) is 0. The monoisotopic (exact) mass is 218 g/mol. The van der Waals surface area contributed by atoms with Crippen LogP contribution < -0.4 is 10.6 Å². The summed E-state index contributed by atoms with van der Waals surface area (Å²) >= 11 is 0. The van der Waals surface area contributed by atoms with Gasteiger partial charge in [0.2, 0.25) is 0 Å². The van der Waals surface area contributed by atoms with E-state index in [1.165, 1.54) is 0 Å². The third kappa shape index (κ3) is 11.8. The maximum Gasteiger partial charge on any atom is 0.0587 e. The van der Waals surface area contributed by atoms with Gasteiger partial charge in [0.1, 0.15) is 0 Å². The molecule has 0 saturated heterocycles. The van der Waals surface area contributed by atoms with E-state index >= 15 is 0 Å². The summed E-state index contributed by atoms with van der Waals surface area (Å²) in [6, 6.07) is 0.493. The predicted octanol–water partition coefficient (Wildman–Crippen LogP) is 0.627. The Morgan fingerprint density at radius 2 is 2.00 bits per heavy atom. The van der Waals surface area contributed by atoms with Crippen molar-refractivity contribution in [2.24, 2.45) is 0 Å². The van der Waals surface area contributed by atoms with Crippen molar-refractivity contribution in [2.75, 3.05) is 46.6 Å². The van der Waals surface area contributed by atoms with Gasteiger partial charge in [0, 0.05) is 39.5 Å². The Hall–Kier alpha value is -0.160. The molecule has 0 aromatic carbocycles. The minimum Gasteiger partial charge on any atom is -0.383 e. The van der Waals surface area contributed by atoms with Crippen LogP contribution in [0.25, 0.3) is 0 Å². The van der Waals surface area contributed by atoms with Crippen molar-refractivity contribution in [1.82, 2.24) is 10.6 Å². The van der Waals surface area contributed by atoms with Gasteiger partial charge < -0.3 is 20.1 Å². The molecule has 0 aliphatic carbocycles. The molecule has 0 bridgehead atoms. The fraction of sp³-hybridized carbons (Fsp3) is 1.00. The highest BCUT2D eigenvalue weighted by Gasteiger charge is 1.98.